The van der Waals surface area contributed by atoms with Crippen LogP contribution < -0.4 is 21.9 Å². The fourth-order valence-corrected chi connectivity index (χ4v) is 4.20. The molecule has 0 fully saturated rings. The molecule has 8 heteroatoms. The highest BCUT2D eigenvalue weighted by Gasteiger charge is 2.23. The Bertz CT molecular complexity index is 940. The Morgan fingerprint density at radius 2 is 1.77 bits per heavy atom. The molecule has 3 N–H and O–H groups in total. The number of nitrogens with one attached hydrogen (secondary N) is 1. The number of nitrogens with two attached hydrogens (primary N) is 1. The Hall–Kier alpha value is -2.48. The zero-order valence-electron chi connectivity index (χ0n) is 18.6. The number of benzene rings is 1. The lowest BCUT2D eigenvalue weighted by molar-refractivity contribution is -0.118. The smallest absolute Gasteiger partial charge is 0.330 e. The molecule has 2 rings (SSSR count). The molecule has 1 amide bonds. The van der Waals surface area contributed by atoms with Gasteiger partial charge in [0.15, 0.2) is 5.69 Å². The summed E-state index contributed by atoms with van der Waals surface area (Å²) in [5, 5.41) is 0. The summed E-state index contributed by atoms with van der Waals surface area (Å²) in [7, 11) is 0. The van der Waals surface area contributed by atoms with Crippen LogP contribution in [0.3, 0.4) is 0 Å². The number of carbonyl (C=O) groups is 1. The highest BCUT2D eigenvalue weighted by molar-refractivity contribution is 7.99. The third-order valence-electron chi connectivity index (χ3n) is 5.05. The van der Waals surface area contributed by atoms with Gasteiger partial charge in [-0.25, -0.2) is 4.79 Å². The third-order valence-corrected chi connectivity index (χ3v) is 6.15. The van der Waals surface area contributed by atoms with Gasteiger partial charge in [0.1, 0.15) is 5.82 Å². The molecule has 0 aliphatic carbocycles. The summed E-state index contributed by atoms with van der Waals surface area (Å²) < 4.78 is 1.37. The number of thioether (sulfide) groups is 1. The van der Waals surface area contributed by atoms with Crippen LogP contribution in [0.15, 0.2) is 44.8 Å². The average Bonchev–Trinajstić information content (AvgIpc) is 2.76. The molecule has 0 saturated heterocycles. The molecule has 1 aromatic carbocycles. The van der Waals surface area contributed by atoms with E-state index in [9.17, 15) is 14.4 Å². The molecule has 1 heterocycles. The van der Waals surface area contributed by atoms with Crippen LogP contribution in [0.2, 0.25) is 0 Å². The number of aromatic nitrogens is 2. The number of H-pyrrole nitrogens is 1. The molecule has 31 heavy (non-hydrogen) atoms. The number of unbranched alkanes of at least 4 members (excludes halogenated alkanes) is 3. The maximum atomic E-state index is 13.1. The van der Waals surface area contributed by atoms with Crippen molar-refractivity contribution in [3.05, 3.63) is 51.2 Å². The van der Waals surface area contributed by atoms with Crippen molar-refractivity contribution < 1.29 is 4.79 Å². The number of hydrogen-bond acceptors (Lipinski definition) is 5. The van der Waals surface area contributed by atoms with Gasteiger partial charge in [0, 0.05) is 24.4 Å². The van der Waals surface area contributed by atoms with Crippen molar-refractivity contribution in [3.63, 3.8) is 0 Å². The summed E-state index contributed by atoms with van der Waals surface area (Å²) in [5.74, 6) is 0.744. The summed E-state index contributed by atoms with van der Waals surface area (Å²) in [6, 6.07) is 10.0. The highest BCUT2D eigenvalue weighted by Crippen LogP contribution is 2.22. The standard InChI is InChI=1S/C23H34N4O3S/c1-3-5-10-16-26(19(28)14-11-17-31-18-12-8-7-9-13-18)20-21(24)27(15-6-4-2)23(30)25-22(20)29/h7-9,12-13H,3-6,10-11,14-17,24H2,1-2H3,(H,25,29,30). The Labute approximate surface area is 188 Å². The normalized spacial score (nSPS) is 10.9. The second-order valence-corrected chi connectivity index (χ2v) is 8.68. The van der Waals surface area contributed by atoms with Gasteiger partial charge in [-0.1, -0.05) is 51.3 Å². The van der Waals surface area contributed by atoms with Gasteiger partial charge in [-0.2, -0.15) is 0 Å². The summed E-state index contributed by atoms with van der Waals surface area (Å²) >= 11 is 1.70. The van der Waals surface area contributed by atoms with Crippen LogP contribution in [0.5, 0.6) is 0 Å². The van der Waals surface area contributed by atoms with Crippen molar-refractivity contribution in [1.29, 1.82) is 0 Å². The van der Waals surface area contributed by atoms with E-state index in [4.69, 9.17) is 5.73 Å². The van der Waals surface area contributed by atoms with Crippen LogP contribution in [0.4, 0.5) is 11.5 Å². The second kappa shape index (κ2) is 13.0. The molecule has 0 spiro atoms. The maximum absolute atomic E-state index is 13.1. The maximum Gasteiger partial charge on any atom is 0.330 e. The van der Waals surface area contributed by atoms with E-state index >= 15 is 0 Å². The van der Waals surface area contributed by atoms with Crippen LogP contribution >= 0.6 is 11.8 Å². The van der Waals surface area contributed by atoms with Crippen molar-refractivity contribution in [2.24, 2.45) is 0 Å². The van der Waals surface area contributed by atoms with Gasteiger partial charge in [0.05, 0.1) is 0 Å². The minimum atomic E-state index is -0.598. The van der Waals surface area contributed by atoms with E-state index in [2.05, 4.69) is 11.9 Å². The van der Waals surface area contributed by atoms with E-state index in [0.717, 1.165) is 37.9 Å². The lowest BCUT2D eigenvalue weighted by Crippen LogP contribution is -2.41. The predicted octanol–water partition coefficient (Wildman–Crippen LogP) is 4.01. The Kier molecular flexibility index (Phi) is 10.4. The molecule has 0 unspecified atom stereocenters. The summed E-state index contributed by atoms with van der Waals surface area (Å²) in [6.45, 7) is 4.92. The van der Waals surface area contributed by atoms with Crippen molar-refractivity contribution in [3.8, 4) is 0 Å². The molecule has 0 aliphatic rings. The number of rotatable bonds is 13. The number of anilines is 2. The Morgan fingerprint density at radius 3 is 2.45 bits per heavy atom. The topological polar surface area (TPSA) is 101 Å². The third kappa shape index (κ3) is 7.31. The van der Waals surface area contributed by atoms with Crippen LogP contribution in [-0.4, -0.2) is 27.8 Å². The van der Waals surface area contributed by atoms with Crippen molar-refractivity contribution in [2.45, 2.75) is 70.2 Å². The first-order chi connectivity index (χ1) is 15.0. The molecule has 0 saturated carbocycles. The zero-order chi connectivity index (χ0) is 22.6. The van der Waals surface area contributed by atoms with Gasteiger partial charge in [0.2, 0.25) is 5.91 Å². The first kappa shape index (κ1) is 24.8. The number of nitrogen functional groups attached to an aromatic ring is 1. The van der Waals surface area contributed by atoms with E-state index in [1.54, 1.807) is 11.8 Å². The predicted molar refractivity (Wildman–Crippen MR) is 129 cm³/mol. The molecule has 0 atom stereocenters. The first-order valence-electron chi connectivity index (χ1n) is 11.1. The number of aromatic amines is 1. The molecule has 7 nitrogen and oxygen atoms in total. The fourth-order valence-electron chi connectivity index (χ4n) is 3.32. The zero-order valence-corrected chi connectivity index (χ0v) is 19.4. The SMILES string of the molecule is CCCCCN(C(=O)CCCSc1ccccc1)c1c(N)n(CCCC)c(=O)[nH]c1=O. The van der Waals surface area contributed by atoms with Gasteiger partial charge < -0.3 is 10.6 Å². The van der Waals surface area contributed by atoms with Crippen molar-refractivity contribution in [1.82, 2.24) is 9.55 Å². The van der Waals surface area contributed by atoms with Crippen LogP contribution in [0.1, 0.15) is 58.8 Å². The summed E-state index contributed by atoms with van der Waals surface area (Å²) in [6.07, 6.45) is 5.37. The first-order valence-corrected chi connectivity index (χ1v) is 12.1. The van der Waals surface area contributed by atoms with E-state index in [0.29, 0.717) is 25.9 Å². The van der Waals surface area contributed by atoms with Crippen LogP contribution in [0, 0.1) is 0 Å². The number of hydrogen-bond donors (Lipinski definition) is 2. The molecular formula is C23H34N4O3S. The van der Waals surface area contributed by atoms with Gasteiger partial charge in [-0.15, -0.1) is 11.8 Å². The lowest BCUT2D eigenvalue weighted by atomic mass is 10.2. The monoisotopic (exact) mass is 446 g/mol. The quantitative estimate of drug-likeness (QED) is 0.357. The minimum absolute atomic E-state index is 0.0747. The molecule has 170 valence electrons. The molecule has 1 aromatic heterocycles. The highest BCUT2D eigenvalue weighted by atomic mass is 32.2. The van der Waals surface area contributed by atoms with Gasteiger partial charge >= 0.3 is 5.69 Å². The minimum Gasteiger partial charge on any atom is -0.383 e. The molecule has 0 aliphatic heterocycles. The fraction of sp³-hybridized carbons (Fsp3) is 0.522. The van der Waals surface area contributed by atoms with Crippen molar-refractivity contribution >= 4 is 29.2 Å². The summed E-state index contributed by atoms with van der Waals surface area (Å²) in [5.41, 5.74) is 5.22. The number of nitrogens with zero attached hydrogens (tertiary/aromatic N) is 2. The Morgan fingerprint density at radius 1 is 1.06 bits per heavy atom. The number of carbonyl (C=O) groups excluding carboxylic acids is 1. The molecule has 2 aromatic rings. The second-order valence-electron chi connectivity index (χ2n) is 7.52. The van der Waals surface area contributed by atoms with E-state index in [-0.39, 0.29) is 17.4 Å². The average molecular weight is 447 g/mol. The van der Waals surface area contributed by atoms with Gasteiger partial charge in [0.25, 0.3) is 5.56 Å². The number of amides is 1. The van der Waals surface area contributed by atoms with Crippen molar-refractivity contribution in [2.75, 3.05) is 22.9 Å². The van der Waals surface area contributed by atoms with Crippen LogP contribution in [-0.2, 0) is 11.3 Å². The van der Waals surface area contributed by atoms with E-state index in [1.165, 1.54) is 14.4 Å². The van der Waals surface area contributed by atoms with E-state index in [1.807, 2.05) is 37.3 Å². The van der Waals surface area contributed by atoms with Crippen LogP contribution in [0.25, 0.3) is 0 Å². The largest absolute Gasteiger partial charge is 0.383 e. The lowest BCUT2D eigenvalue weighted by Gasteiger charge is -2.24. The molecular weight excluding hydrogens is 412 g/mol. The molecule has 0 bridgehead atoms. The molecule has 0 radical (unpaired) electrons. The van der Waals surface area contributed by atoms with Gasteiger partial charge in [-0.05, 0) is 37.1 Å². The Balaban J connectivity index is 2.17. The van der Waals surface area contributed by atoms with Gasteiger partial charge in [-0.3, -0.25) is 19.1 Å². The van der Waals surface area contributed by atoms with E-state index < -0.39 is 11.2 Å². The summed E-state index contributed by atoms with van der Waals surface area (Å²) in [4.78, 5) is 43.0.